The number of ether oxygens (including phenoxy) is 2. The predicted octanol–water partition coefficient (Wildman–Crippen LogP) is 3.67. The minimum atomic E-state index is -4.43. The van der Waals surface area contributed by atoms with Gasteiger partial charge in [-0.25, -0.2) is 9.97 Å². The van der Waals surface area contributed by atoms with Crippen molar-refractivity contribution in [3.63, 3.8) is 0 Å². The summed E-state index contributed by atoms with van der Waals surface area (Å²) >= 11 is 0. The zero-order valence-corrected chi connectivity index (χ0v) is 21.1. The Bertz CT molecular complexity index is 1150. The van der Waals surface area contributed by atoms with Crippen LogP contribution >= 0.6 is 0 Å². The van der Waals surface area contributed by atoms with Crippen LogP contribution in [0, 0.1) is 13.8 Å². The van der Waals surface area contributed by atoms with Gasteiger partial charge < -0.3 is 25.0 Å². The molecule has 5 heterocycles. The summed E-state index contributed by atoms with van der Waals surface area (Å²) in [6.45, 7) is 7.03. The van der Waals surface area contributed by atoms with Crippen LogP contribution in [0.1, 0.15) is 59.3 Å². The van der Waals surface area contributed by atoms with E-state index in [9.17, 15) is 18.0 Å². The highest BCUT2D eigenvalue weighted by Crippen LogP contribution is 2.35. The molecule has 200 valence electrons. The predicted molar refractivity (Wildman–Crippen MR) is 130 cm³/mol. The van der Waals surface area contributed by atoms with Gasteiger partial charge >= 0.3 is 6.18 Å². The van der Waals surface area contributed by atoms with E-state index in [0.29, 0.717) is 41.7 Å². The lowest BCUT2D eigenvalue weighted by Crippen LogP contribution is -2.61. The molecule has 1 amide bonds. The number of amides is 1. The fourth-order valence-corrected chi connectivity index (χ4v) is 5.55. The molecule has 1 aromatic carbocycles. The second-order valence-corrected chi connectivity index (χ2v) is 10.1. The number of benzene rings is 1. The monoisotopic (exact) mass is 519 g/mol. The molecule has 2 bridgehead atoms. The number of hydrogen-bond donors (Lipinski definition) is 2. The summed E-state index contributed by atoms with van der Waals surface area (Å²) in [6.07, 6.45) is -2.35. The number of carbonyl (C=O) groups excluding carboxylic acids is 1. The minimum absolute atomic E-state index is 0.0324. The zero-order valence-electron chi connectivity index (χ0n) is 21.1. The maximum absolute atomic E-state index is 13.4. The van der Waals surface area contributed by atoms with Crippen LogP contribution in [0.2, 0.25) is 0 Å². The fraction of sp³-hybridized carbons (Fsp3) is 0.577. The molecule has 4 aliphatic heterocycles. The first-order chi connectivity index (χ1) is 17.6. The number of carbonyl (C=O) groups is 1. The van der Waals surface area contributed by atoms with Crippen LogP contribution in [0.15, 0.2) is 18.2 Å². The first kappa shape index (κ1) is 25.9. The highest BCUT2D eigenvalue weighted by molar-refractivity contribution is 5.80. The van der Waals surface area contributed by atoms with E-state index in [-0.39, 0.29) is 30.0 Å². The topological polar surface area (TPSA) is 88.6 Å². The Labute approximate surface area is 213 Å². The molecule has 37 heavy (non-hydrogen) atoms. The summed E-state index contributed by atoms with van der Waals surface area (Å²) in [4.78, 5) is 24.7. The van der Waals surface area contributed by atoms with Gasteiger partial charge in [-0.2, -0.15) is 13.2 Å². The van der Waals surface area contributed by atoms with Crippen LogP contribution in [-0.4, -0.2) is 59.2 Å². The van der Waals surface area contributed by atoms with Crippen LogP contribution in [0.4, 0.5) is 19.0 Å². The van der Waals surface area contributed by atoms with Crippen LogP contribution in [0.25, 0.3) is 0 Å². The van der Waals surface area contributed by atoms with Gasteiger partial charge in [0.2, 0.25) is 5.91 Å². The summed E-state index contributed by atoms with van der Waals surface area (Å²) in [5.41, 5.74) is 0.812. The van der Waals surface area contributed by atoms with E-state index in [1.807, 2.05) is 0 Å². The average molecular weight is 520 g/mol. The van der Waals surface area contributed by atoms with Crippen molar-refractivity contribution in [1.29, 1.82) is 0 Å². The first-order valence-corrected chi connectivity index (χ1v) is 12.7. The maximum atomic E-state index is 13.4. The van der Waals surface area contributed by atoms with Crippen molar-refractivity contribution in [2.24, 2.45) is 0 Å². The van der Waals surface area contributed by atoms with Gasteiger partial charge in [0.15, 0.2) is 6.29 Å². The molecule has 2 aromatic rings. The number of nitrogens with zero attached hydrogens (tertiary/aromatic N) is 3. The van der Waals surface area contributed by atoms with Gasteiger partial charge in [-0.15, -0.1) is 0 Å². The third-order valence-corrected chi connectivity index (χ3v) is 7.64. The molecule has 8 nitrogen and oxygen atoms in total. The van der Waals surface area contributed by atoms with Gasteiger partial charge in [-0.3, -0.25) is 4.79 Å². The highest BCUT2D eigenvalue weighted by Gasteiger charge is 2.40. The third kappa shape index (κ3) is 5.58. The van der Waals surface area contributed by atoms with E-state index in [1.54, 1.807) is 13.0 Å². The van der Waals surface area contributed by atoms with E-state index in [2.05, 4.69) is 25.5 Å². The van der Waals surface area contributed by atoms with Gasteiger partial charge in [0.25, 0.3) is 0 Å². The maximum Gasteiger partial charge on any atom is 0.416 e. The van der Waals surface area contributed by atoms with Crippen molar-refractivity contribution < 1.29 is 27.4 Å². The van der Waals surface area contributed by atoms with Crippen molar-refractivity contribution in [3.05, 3.63) is 52.0 Å². The molecule has 4 saturated heterocycles. The average Bonchev–Trinajstić information content (AvgIpc) is 3.37. The molecule has 4 aliphatic rings. The molecule has 0 unspecified atom stereocenters. The SMILES string of the molecule is Cc1nc(CC(=O)NC23CCN(CC2)CC3)c(C2OCCO2)c(NCc2cccc(C(F)(F)F)c2C)n1. The van der Waals surface area contributed by atoms with Crippen LogP contribution < -0.4 is 10.6 Å². The number of aryl methyl sites for hydroxylation is 1. The number of hydrogen-bond acceptors (Lipinski definition) is 7. The number of rotatable bonds is 7. The van der Waals surface area contributed by atoms with E-state index < -0.39 is 18.0 Å². The largest absolute Gasteiger partial charge is 0.416 e. The number of anilines is 1. The molecule has 0 atom stereocenters. The van der Waals surface area contributed by atoms with E-state index >= 15 is 0 Å². The molecule has 0 radical (unpaired) electrons. The van der Waals surface area contributed by atoms with Crippen LogP contribution in [0.3, 0.4) is 0 Å². The Kier molecular flexibility index (Phi) is 7.12. The lowest BCUT2D eigenvalue weighted by molar-refractivity contribution is -0.138. The minimum Gasteiger partial charge on any atom is -0.365 e. The number of piperidine rings is 3. The standard InChI is InChI=1S/C26H32F3N5O3/c1-16-18(4-3-5-19(16)26(27,28)29)15-30-23-22(24-36-12-13-37-24)20(31-17(2)32-23)14-21(35)33-25-6-9-34(10-7-25)11-8-25/h3-5,24H,6-15H2,1-2H3,(H,33,35)(H,30,31,32). The van der Waals surface area contributed by atoms with Crippen molar-refractivity contribution in [2.45, 2.75) is 64.1 Å². The lowest BCUT2D eigenvalue weighted by atomic mass is 9.80. The molecule has 2 N–H and O–H groups in total. The van der Waals surface area contributed by atoms with E-state index in [0.717, 1.165) is 45.0 Å². The van der Waals surface area contributed by atoms with Crippen molar-refractivity contribution >= 4 is 11.7 Å². The van der Waals surface area contributed by atoms with Crippen molar-refractivity contribution in [3.8, 4) is 0 Å². The lowest BCUT2D eigenvalue weighted by Gasteiger charge is -2.48. The fourth-order valence-electron chi connectivity index (χ4n) is 5.55. The number of halogens is 3. The molecule has 11 heteroatoms. The van der Waals surface area contributed by atoms with Gasteiger partial charge in [-0.1, -0.05) is 12.1 Å². The van der Waals surface area contributed by atoms with Crippen LogP contribution in [-0.2, 0) is 33.4 Å². The molecule has 6 rings (SSSR count). The number of aromatic nitrogens is 2. The van der Waals surface area contributed by atoms with Gasteiger partial charge in [0, 0.05) is 31.7 Å². The highest BCUT2D eigenvalue weighted by atomic mass is 19.4. The molecule has 0 aliphatic carbocycles. The number of fused-ring (bicyclic) bond motifs is 3. The van der Waals surface area contributed by atoms with Gasteiger partial charge in [0.1, 0.15) is 11.6 Å². The Morgan fingerprint density at radius 1 is 1.11 bits per heavy atom. The van der Waals surface area contributed by atoms with Gasteiger partial charge in [-0.05, 0) is 50.3 Å². The smallest absolute Gasteiger partial charge is 0.365 e. The zero-order chi connectivity index (χ0) is 26.2. The summed E-state index contributed by atoms with van der Waals surface area (Å²) in [7, 11) is 0. The van der Waals surface area contributed by atoms with Gasteiger partial charge in [0.05, 0.1) is 36.5 Å². The molecule has 1 aromatic heterocycles. The molecule has 0 spiro atoms. The Hall–Kier alpha value is -2.76. The summed E-state index contributed by atoms with van der Waals surface area (Å²) in [5.74, 6) is 0.715. The number of nitrogens with one attached hydrogen (secondary N) is 2. The first-order valence-electron chi connectivity index (χ1n) is 12.7. The normalized spacial score (nSPS) is 23.9. The Morgan fingerprint density at radius 2 is 1.78 bits per heavy atom. The van der Waals surface area contributed by atoms with Crippen molar-refractivity contribution in [2.75, 3.05) is 38.2 Å². The summed E-state index contributed by atoms with van der Waals surface area (Å²) in [5, 5.41) is 6.45. The molecular weight excluding hydrogens is 487 g/mol. The Morgan fingerprint density at radius 3 is 2.43 bits per heavy atom. The number of alkyl halides is 3. The van der Waals surface area contributed by atoms with E-state index in [1.165, 1.54) is 13.0 Å². The molecule has 0 saturated carbocycles. The molecular formula is C26H32F3N5O3. The van der Waals surface area contributed by atoms with Crippen molar-refractivity contribution in [1.82, 2.24) is 20.2 Å². The third-order valence-electron chi connectivity index (χ3n) is 7.64. The second-order valence-electron chi connectivity index (χ2n) is 10.1. The molecule has 4 fully saturated rings. The van der Waals surface area contributed by atoms with E-state index in [4.69, 9.17) is 9.47 Å². The van der Waals surface area contributed by atoms with Crippen LogP contribution in [0.5, 0.6) is 0 Å². The summed E-state index contributed by atoms with van der Waals surface area (Å²) < 4.78 is 51.7. The quantitative estimate of drug-likeness (QED) is 0.577. The summed E-state index contributed by atoms with van der Waals surface area (Å²) in [6, 6.07) is 4.12. The second kappa shape index (κ2) is 10.2. The Balaban J connectivity index is 1.39.